The summed E-state index contributed by atoms with van der Waals surface area (Å²) in [7, 11) is 1.27. The van der Waals surface area contributed by atoms with E-state index in [1.807, 2.05) is 37.3 Å². The summed E-state index contributed by atoms with van der Waals surface area (Å²) in [5.74, 6) is -0.925. The molecule has 0 aliphatic rings. The van der Waals surface area contributed by atoms with Gasteiger partial charge in [-0.05, 0) is 55.7 Å². The third kappa shape index (κ3) is 15.3. The lowest BCUT2D eigenvalue weighted by atomic mass is 10.1. The zero-order valence-corrected chi connectivity index (χ0v) is 32.2. The molecule has 0 aliphatic carbocycles. The van der Waals surface area contributed by atoms with Crippen LogP contribution in [0.15, 0.2) is 58.8 Å². The molecule has 15 heteroatoms. The molecule has 0 spiro atoms. The fourth-order valence-electron chi connectivity index (χ4n) is 4.99. The molecule has 0 amide bonds. The van der Waals surface area contributed by atoms with E-state index in [2.05, 4.69) is 55.9 Å². The molecule has 290 valence electrons. The topological polar surface area (TPSA) is 155 Å². The lowest BCUT2D eigenvalue weighted by Crippen LogP contribution is -2.30. The van der Waals surface area contributed by atoms with Crippen molar-refractivity contribution >= 4 is 45.3 Å². The van der Waals surface area contributed by atoms with Crippen LogP contribution in [0.5, 0.6) is 0 Å². The average molecular weight is 764 g/mol. The number of esters is 2. The van der Waals surface area contributed by atoms with Crippen LogP contribution in [0.3, 0.4) is 0 Å². The zero-order valence-electron chi connectivity index (χ0n) is 31.4. The Bertz CT molecular complexity index is 1700. The van der Waals surface area contributed by atoms with E-state index in [9.17, 15) is 14.9 Å². The van der Waals surface area contributed by atoms with Gasteiger partial charge >= 0.3 is 11.9 Å². The quantitative estimate of drug-likeness (QED) is 0.0349. The minimum atomic E-state index is -0.471. The highest BCUT2D eigenvalue weighted by atomic mass is 32.1. The van der Waals surface area contributed by atoms with Gasteiger partial charge < -0.3 is 38.1 Å². The van der Waals surface area contributed by atoms with Crippen molar-refractivity contribution in [2.45, 2.75) is 39.7 Å². The Morgan fingerprint density at radius 1 is 0.870 bits per heavy atom. The molecule has 2 aromatic carbocycles. The molecule has 1 aromatic heterocycles. The van der Waals surface area contributed by atoms with Crippen molar-refractivity contribution in [1.82, 2.24) is 0 Å². The highest BCUT2D eigenvalue weighted by molar-refractivity contribution is 7.17. The fraction of sp³-hybridized carbons (Fsp3) is 0.487. The fourth-order valence-corrected chi connectivity index (χ4v) is 5.85. The average Bonchev–Trinajstić information content (AvgIpc) is 3.51. The van der Waals surface area contributed by atoms with Crippen LogP contribution in [0.2, 0.25) is 0 Å². The summed E-state index contributed by atoms with van der Waals surface area (Å²) >= 11 is 1.18. The molecular weight excluding hydrogens is 715 g/mol. The third-order valence-corrected chi connectivity index (χ3v) is 9.03. The minimum Gasteiger partial charge on any atom is -0.469 e. The second-order valence-electron chi connectivity index (χ2n) is 11.7. The van der Waals surface area contributed by atoms with Crippen molar-refractivity contribution in [3.05, 3.63) is 81.5 Å². The summed E-state index contributed by atoms with van der Waals surface area (Å²) in [6, 6.07) is 18.2. The summed E-state index contributed by atoms with van der Waals surface area (Å²) in [6.07, 6.45) is -0.217. The molecule has 0 N–H and O–H groups in total. The zero-order chi connectivity index (χ0) is 39.0. The maximum atomic E-state index is 11.5. The number of thiophene rings is 1. The van der Waals surface area contributed by atoms with E-state index in [1.165, 1.54) is 18.4 Å². The smallest absolute Gasteiger partial charge is 0.306 e. The normalized spacial score (nSPS) is 11.6. The van der Waals surface area contributed by atoms with Crippen molar-refractivity contribution in [2.24, 2.45) is 10.2 Å². The van der Waals surface area contributed by atoms with E-state index < -0.39 is 11.9 Å². The predicted molar refractivity (Wildman–Crippen MR) is 204 cm³/mol. The Balaban J connectivity index is 1.34. The van der Waals surface area contributed by atoms with E-state index >= 15 is 0 Å². The van der Waals surface area contributed by atoms with Gasteiger partial charge in [0.05, 0.1) is 96.6 Å². The Morgan fingerprint density at radius 2 is 1.48 bits per heavy atom. The highest BCUT2D eigenvalue weighted by Gasteiger charge is 2.18. The van der Waals surface area contributed by atoms with E-state index in [0.717, 1.165) is 23.4 Å². The lowest BCUT2D eigenvalue weighted by molar-refractivity contribution is -0.150. The number of carbonyl (C=O) groups excluding carboxylic acids is 2. The number of aryl methyl sites for hydroxylation is 1. The molecule has 0 saturated carbocycles. The van der Waals surface area contributed by atoms with Crippen LogP contribution in [-0.4, -0.2) is 98.2 Å². The van der Waals surface area contributed by atoms with E-state index in [0.29, 0.717) is 86.2 Å². The van der Waals surface area contributed by atoms with E-state index in [-0.39, 0.29) is 32.2 Å². The molecule has 54 heavy (non-hydrogen) atoms. The number of anilines is 1. The number of ether oxygens (including phenoxy) is 7. The molecule has 1 atom stereocenters. The molecular formula is C39H49N5O9S. The standard InChI is InChI=1S/C39H49N5O9S/c1-6-44(32-12-13-33(29(2)26-32)42-43-39-38(41-4)30(3)35(27-40)54-39)28-34(31-10-8-7-9-11-31)52-24-22-50-20-18-48-16-17-49-19-21-51-23-25-53-37(46)15-14-36(45)47-5/h7-13,26,34H,6,14-25,28H2,1-3,5H3. The number of azo groups is 1. The highest BCUT2D eigenvalue weighted by Crippen LogP contribution is 2.42. The Labute approximate surface area is 321 Å². The van der Waals surface area contributed by atoms with Gasteiger partial charge in [0.25, 0.3) is 0 Å². The van der Waals surface area contributed by atoms with Crippen molar-refractivity contribution in [3.63, 3.8) is 0 Å². The molecule has 0 radical (unpaired) electrons. The number of rotatable bonds is 26. The van der Waals surface area contributed by atoms with E-state index in [1.54, 1.807) is 6.92 Å². The number of likely N-dealkylation sites (N-methyl/N-ethyl adjacent to an activating group) is 1. The summed E-state index contributed by atoms with van der Waals surface area (Å²) in [5, 5.41) is 18.5. The van der Waals surface area contributed by atoms with Gasteiger partial charge in [-0.2, -0.15) is 15.5 Å². The van der Waals surface area contributed by atoms with Crippen LogP contribution in [0.25, 0.3) is 4.85 Å². The Kier molecular flexibility index (Phi) is 20.5. The number of carbonyl (C=O) groups is 2. The first kappa shape index (κ1) is 43.7. The summed E-state index contributed by atoms with van der Waals surface area (Å²) in [5.41, 5.74) is 4.72. The molecule has 1 heterocycles. The predicted octanol–water partition coefficient (Wildman–Crippen LogP) is 7.35. The molecule has 3 aromatic rings. The van der Waals surface area contributed by atoms with Crippen LogP contribution in [0, 0.1) is 31.8 Å². The number of benzene rings is 2. The largest absolute Gasteiger partial charge is 0.469 e. The third-order valence-electron chi connectivity index (χ3n) is 7.96. The molecule has 3 rings (SSSR count). The second kappa shape index (κ2) is 25.3. The molecule has 14 nitrogen and oxygen atoms in total. The number of hydrogen-bond acceptors (Lipinski definition) is 14. The van der Waals surface area contributed by atoms with Crippen LogP contribution in [0.1, 0.15) is 47.4 Å². The van der Waals surface area contributed by atoms with Gasteiger partial charge in [-0.25, -0.2) is 4.85 Å². The Hall–Kier alpha value is -4.74. The minimum absolute atomic E-state index is 0.00596. The number of nitrogens with zero attached hydrogens (tertiary/aromatic N) is 5. The van der Waals surface area contributed by atoms with Gasteiger partial charge in [0.15, 0.2) is 0 Å². The van der Waals surface area contributed by atoms with Crippen molar-refractivity contribution in [2.75, 3.05) is 91.2 Å². The molecule has 1 unspecified atom stereocenters. The summed E-state index contributed by atoms with van der Waals surface area (Å²) < 4.78 is 38.0. The molecule has 0 aliphatic heterocycles. The summed E-state index contributed by atoms with van der Waals surface area (Å²) in [4.78, 5) is 28.8. The number of methoxy groups -OCH3 is 1. The van der Waals surface area contributed by atoms with Gasteiger partial charge in [0.1, 0.15) is 23.8 Å². The number of nitriles is 1. The number of hydrogen-bond donors (Lipinski definition) is 0. The molecule has 0 saturated heterocycles. The Morgan fingerprint density at radius 3 is 2.06 bits per heavy atom. The maximum absolute atomic E-state index is 11.5. The first-order chi connectivity index (χ1) is 26.3. The van der Waals surface area contributed by atoms with Crippen LogP contribution >= 0.6 is 11.3 Å². The summed E-state index contributed by atoms with van der Waals surface area (Å²) in [6.45, 7) is 18.3. The first-order valence-electron chi connectivity index (χ1n) is 17.7. The van der Waals surface area contributed by atoms with Crippen molar-refractivity contribution < 1.29 is 42.7 Å². The molecule has 0 bridgehead atoms. The SMILES string of the molecule is [C-]#[N+]c1c(N=Nc2ccc(N(CC)CC(OCCOCCOCCOCCOCCOC(=O)CCC(=O)OC)c3ccccc3)cc2C)sc(C#N)c1C. The maximum Gasteiger partial charge on any atom is 0.306 e. The van der Waals surface area contributed by atoms with Crippen LogP contribution < -0.4 is 4.90 Å². The van der Waals surface area contributed by atoms with Crippen molar-refractivity contribution in [1.29, 1.82) is 5.26 Å². The first-order valence-corrected chi connectivity index (χ1v) is 18.5. The van der Waals surface area contributed by atoms with Gasteiger partial charge in [0.2, 0.25) is 5.69 Å². The van der Waals surface area contributed by atoms with E-state index in [4.69, 9.17) is 35.0 Å². The van der Waals surface area contributed by atoms with Gasteiger partial charge in [-0.1, -0.05) is 30.3 Å². The van der Waals surface area contributed by atoms with Gasteiger partial charge in [-0.15, -0.1) is 11.3 Å². The monoisotopic (exact) mass is 763 g/mol. The lowest BCUT2D eigenvalue weighted by Gasteiger charge is -2.29. The van der Waals surface area contributed by atoms with Crippen molar-refractivity contribution in [3.8, 4) is 6.07 Å². The second-order valence-corrected chi connectivity index (χ2v) is 12.7. The van der Waals surface area contributed by atoms with Gasteiger partial charge in [-0.3, -0.25) is 9.59 Å². The van der Waals surface area contributed by atoms with Crippen LogP contribution in [0.4, 0.5) is 22.1 Å². The molecule has 0 fully saturated rings. The van der Waals surface area contributed by atoms with Crippen LogP contribution in [-0.2, 0) is 42.7 Å². The van der Waals surface area contributed by atoms with Gasteiger partial charge in [0, 0.05) is 18.8 Å².